The molecule has 1 aromatic rings. The van der Waals surface area contributed by atoms with Crippen LogP contribution in [0.2, 0.25) is 0 Å². The monoisotopic (exact) mass is 350 g/mol. The molecule has 2 amide bonds. The van der Waals surface area contributed by atoms with E-state index in [4.69, 9.17) is 0 Å². The number of allylic oxidation sites excluding steroid dienone is 2. The lowest BCUT2D eigenvalue weighted by atomic mass is 10.2. The molecule has 0 saturated heterocycles. The second-order valence-corrected chi connectivity index (χ2v) is 5.31. The molecule has 1 rings (SSSR count). The molecule has 24 heavy (non-hydrogen) atoms. The molecule has 0 spiro atoms. The first-order valence-corrected chi connectivity index (χ1v) is 7.95. The predicted octanol–water partition coefficient (Wildman–Crippen LogP) is 1.58. The summed E-state index contributed by atoms with van der Waals surface area (Å²) in [6.45, 7) is 8.66. The Labute approximate surface area is 143 Å². The van der Waals surface area contributed by atoms with E-state index >= 15 is 0 Å². The minimum absolute atomic E-state index is 0.0555. The Morgan fingerprint density at radius 3 is 2.71 bits per heavy atom. The van der Waals surface area contributed by atoms with Crippen LogP contribution in [0.5, 0.6) is 0 Å². The fourth-order valence-electron chi connectivity index (χ4n) is 1.50. The molecule has 0 unspecified atom stereocenters. The number of hydrogen-bond donors (Lipinski definition) is 3. The maximum atomic E-state index is 12.0. The maximum Gasteiger partial charge on any atom is 0.291 e. The summed E-state index contributed by atoms with van der Waals surface area (Å²) in [7, 11) is 0. The molecule has 0 aliphatic rings. The van der Waals surface area contributed by atoms with Gasteiger partial charge in [-0.1, -0.05) is 29.5 Å². The number of rotatable bonds is 8. The molecule has 3 N–H and O–H groups in total. The van der Waals surface area contributed by atoms with Crippen LogP contribution in [0.15, 0.2) is 58.1 Å². The molecule has 0 aliphatic heterocycles. The number of hydrogen-bond acceptors (Lipinski definition) is 7. The van der Waals surface area contributed by atoms with Gasteiger partial charge in [0.15, 0.2) is 5.76 Å². The first kappa shape index (κ1) is 19.2. The first-order chi connectivity index (χ1) is 11.4. The molecule has 128 valence electrons. The average molecular weight is 350 g/mol. The summed E-state index contributed by atoms with van der Waals surface area (Å²) in [5.41, 5.74) is 0.559. The predicted molar refractivity (Wildman–Crippen MR) is 90.6 cm³/mol. The van der Waals surface area contributed by atoms with Gasteiger partial charge in [0, 0.05) is 10.6 Å². The van der Waals surface area contributed by atoms with Crippen LogP contribution in [0, 0.1) is 0 Å². The smallest absolute Gasteiger partial charge is 0.291 e. The van der Waals surface area contributed by atoms with Crippen molar-refractivity contribution in [1.29, 1.82) is 0 Å². The van der Waals surface area contributed by atoms with Gasteiger partial charge in [-0.3, -0.25) is 9.59 Å². The maximum absolute atomic E-state index is 12.0. The summed E-state index contributed by atoms with van der Waals surface area (Å²) in [4.78, 5) is 24.6. The number of carbonyl (C=O) groups excluding carboxylic acids is 2. The van der Waals surface area contributed by atoms with Crippen LogP contribution in [-0.4, -0.2) is 33.5 Å². The zero-order valence-electron chi connectivity index (χ0n) is 13.3. The Balaban J connectivity index is 2.71. The van der Waals surface area contributed by atoms with Crippen LogP contribution in [0.3, 0.4) is 0 Å². The fraction of sp³-hybridized carbons (Fsp3) is 0.200. The fourth-order valence-corrected chi connectivity index (χ4v) is 2.03. The van der Waals surface area contributed by atoms with Crippen LogP contribution in [0.25, 0.3) is 0 Å². The summed E-state index contributed by atoms with van der Waals surface area (Å²) in [5.74, 6) is -2.16. The number of amides is 2. The first-order valence-electron chi connectivity index (χ1n) is 6.72. The van der Waals surface area contributed by atoms with Crippen molar-refractivity contribution in [3.05, 3.63) is 59.1 Å². The van der Waals surface area contributed by atoms with E-state index in [0.717, 1.165) is 0 Å². The molecule has 0 aromatic carbocycles. The van der Waals surface area contributed by atoms with E-state index in [1.807, 2.05) is 0 Å². The van der Waals surface area contributed by atoms with Gasteiger partial charge in [0.2, 0.25) is 0 Å². The molecule has 0 radical (unpaired) electrons. The van der Waals surface area contributed by atoms with Gasteiger partial charge in [0.05, 0.1) is 18.3 Å². The SMILES string of the molecule is C=C/C=C(\SC)C(=C)NC(=O)/C(O)=C(\C)C(=O)NCc1cnon1. The van der Waals surface area contributed by atoms with Gasteiger partial charge in [-0.25, -0.2) is 4.63 Å². The summed E-state index contributed by atoms with van der Waals surface area (Å²) in [6.07, 6.45) is 6.36. The number of carbonyl (C=O) groups is 2. The van der Waals surface area contributed by atoms with Crippen molar-refractivity contribution in [2.75, 3.05) is 6.26 Å². The van der Waals surface area contributed by atoms with Crippen molar-refractivity contribution in [2.24, 2.45) is 0 Å². The van der Waals surface area contributed by atoms with E-state index in [1.54, 1.807) is 18.4 Å². The van der Waals surface area contributed by atoms with Crippen LogP contribution in [0.4, 0.5) is 0 Å². The standard InChI is InChI=1S/C15H18N4O4S/c1-5-6-12(24-4)10(3)18-15(22)13(20)9(2)14(21)16-7-11-8-17-23-19-11/h5-6,8,20H,1,3,7H2,2,4H3,(H,16,21)(H,18,22)/b12-6-,13-9-. The number of nitrogens with one attached hydrogen (secondary N) is 2. The largest absolute Gasteiger partial charge is 0.503 e. The lowest BCUT2D eigenvalue weighted by Crippen LogP contribution is -2.29. The molecule has 0 fully saturated rings. The van der Waals surface area contributed by atoms with E-state index < -0.39 is 17.6 Å². The molecule has 0 saturated carbocycles. The molecular formula is C15H18N4O4S. The third kappa shape index (κ3) is 5.43. The molecule has 0 aliphatic carbocycles. The molecule has 0 atom stereocenters. The van der Waals surface area contributed by atoms with Gasteiger partial charge in [-0.2, -0.15) is 0 Å². The molecular weight excluding hydrogens is 332 g/mol. The van der Waals surface area contributed by atoms with Gasteiger partial charge < -0.3 is 15.7 Å². The van der Waals surface area contributed by atoms with Gasteiger partial charge in [0.1, 0.15) is 5.69 Å². The van der Waals surface area contributed by atoms with Crippen molar-refractivity contribution in [2.45, 2.75) is 13.5 Å². The van der Waals surface area contributed by atoms with E-state index in [0.29, 0.717) is 16.3 Å². The highest BCUT2D eigenvalue weighted by atomic mass is 32.2. The Bertz CT molecular complexity index is 692. The van der Waals surface area contributed by atoms with Gasteiger partial charge in [0.25, 0.3) is 11.8 Å². The number of aliphatic hydroxyl groups is 1. The van der Waals surface area contributed by atoms with Crippen LogP contribution in [0.1, 0.15) is 12.6 Å². The highest BCUT2D eigenvalue weighted by Crippen LogP contribution is 2.18. The van der Waals surface area contributed by atoms with E-state index in [9.17, 15) is 14.7 Å². The van der Waals surface area contributed by atoms with Gasteiger partial charge in [-0.05, 0) is 19.3 Å². The van der Waals surface area contributed by atoms with Crippen molar-refractivity contribution >= 4 is 23.6 Å². The second kappa shape index (κ2) is 9.36. The number of nitrogens with zero attached hydrogens (tertiary/aromatic N) is 2. The highest BCUT2D eigenvalue weighted by molar-refractivity contribution is 8.02. The number of aromatic nitrogens is 2. The lowest BCUT2D eigenvalue weighted by molar-refractivity contribution is -0.121. The Kier molecular flexibility index (Phi) is 7.50. The lowest BCUT2D eigenvalue weighted by Gasteiger charge is -2.11. The van der Waals surface area contributed by atoms with Crippen molar-refractivity contribution < 1.29 is 19.3 Å². The summed E-state index contributed by atoms with van der Waals surface area (Å²) in [6, 6.07) is 0. The summed E-state index contributed by atoms with van der Waals surface area (Å²) < 4.78 is 4.39. The Morgan fingerprint density at radius 1 is 1.46 bits per heavy atom. The molecule has 0 bridgehead atoms. The number of aliphatic hydroxyl groups excluding tert-OH is 1. The van der Waals surface area contributed by atoms with Gasteiger partial charge >= 0.3 is 0 Å². The molecule has 8 nitrogen and oxygen atoms in total. The minimum atomic E-state index is -0.834. The zero-order valence-corrected chi connectivity index (χ0v) is 14.1. The van der Waals surface area contributed by atoms with Crippen molar-refractivity contribution in [3.63, 3.8) is 0 Å². The topological polar surface area (TPSA) is 117 Å². The van der Waals surface area contributed by atoms with E-state index in [2.05, 4.69) is 38.7 Å². The quantitative estimate of drug-likeness (QED) is 0.370. The third-order valence-electron chi connectivity index (χ3n) is 2.80. The summed E-state index contributed by atoms with van der Waals surface area (Å²) in [5, 5.41) is 21.7. The molecule has 1 aromatic heterocycles. The Hall–Kier alpha value is -2.81. The van der Waals surface area contributed by atoms with Gasteiger partial charge in [-0.15, -0.1) is 11.8 Å². The molecule has 1 heterocycles. The average Bonchev–Trinajstić information content (AvgIpc) is 3.09. The van der Waals surface area contributed by atoms with Crippen LogP contribution < -0.4 is 10.6 Å². The minimum Gasteiger partial charge on any atom is -0.503 e. The van der Waals surface area contributed by atoms with Crippen molar-refractivity contribution in [1.82, 2.24) is 20.9 Å². The number of thioether (sulfide) groups is 1. The highest BCUT2D eigenvalue weighted by Gasteiger charge is 2.18. The van der Waals surface area contributed by atoms with E-state index in [1.165, 1.54) is 24.9 Å². The van der Waals surface area contributed by atoms with Crippen LogP contribution in [-0.2, 0) is 16.1 Å². The normalized spacial score (nSPS) is 12.2. The third-order valence-corrected chi connectivity index (χ3v) is 3.62. The zero-order chi connectivity index (χ0) is 18.1. The molecule has 9 heteroatoms. The van der Waals surface area contributed by atoms with E-state index in [-0.39, 0.29) is 12.1 Å². The van der Waals surface area contributed by atoms with Crippen LogP contribution >= 0.6 is 11.8 Å². The Morgan fingerprint density at radius 2 is 2.17 bits per heavy atom. The van der Waals surface area contributed by atoms with Crippen molar-refractivity contribution in [3.8, 4) is 0 Å². The second-order valence-electron chi connectivity index (χ2n) is 4.46. The summed E-state index contributed by atoms with van der Waals surface area (Å²) >= 11 is 1.35.